The van der Waals surface area contributed by atoms with E-state index in [1.54, 1.807) is 17.7 Å². The molecule has 1 fully saturated rings. The molecule has 1 aliphatic heterocycles. The Kier molecular flexibility index (Phi) is 3.92. The van der Waals surface area contributed by atoms with Gasteiger partial charge in [-0.15, -0.1) is 11.3 Å². The SMILES string of the molecule is Cn1ccc(-c2nc(CN3CCC(c4ncn[nH]4)CC3)cs2)n1. The number of H-pyrrole nitrogens is 1. The van der Waals surface area contributed by atoms with Crippen molar-refractivity contribution in [2.75, 3.05) is 13.1 Å². The third-order valence-electron chi connectivity index (χ3n) is 4.28. The first-order valence-corrected chi connectivity index (χ1v) is 8.68. The Morgan fingerprint density at radius 1 is 1.35 bits per heavy atom. The number of nitrogens with zero attached hydrogens (tertiary/aromatic N) is 6. The molecule has 0 aromatic carbocycles. The van der Waals surface area contributed by atoms with Gasteiger partial charge in [0.15, 0.2) is 0 Å². The molecule has 23 heavy (non-hydrogen) atoms. The van der Waals surface area contributed by atoms with Crippen LogP contribution in [0.25, 0.3) is 10.7 Å². The van der Waals surface area contributed by atoms with E-state index in [-0.39, 0.29) is 0 Å². The molecule has 3 aromatic heterocycles. The molecule has 0 spiro atoms. The normalized spacial score (nSPS) is 16.9. The number of aryl methyl sites for hydroxylation is 1. The Morgan fingerprint density at radius 2 is 2.22 bits per heavy atom. The number of thiazole rings is 1. The summed E-state index contributed by atoms with van der Waals surface area (Å²) in [5.74, 6) is 1.53. The zero-order valence-corrected chi connectivity index (χ0v) is 13.8. The third-order valence-corrected chi connectivity index (χ3v) is 5.19. The molecule has 4 rings (SSSR count). The molecular formula is C15H19N7S. The molecule has 8 heteroatoms. The van der Waals surface area contributed by atoms with Crippen LogP contribution in [-0.2, 0) is 13.6 Å². The molecular weight excluding hydrogens is 310 g/mol. The van der Waals surface area contributed by atoms with E-state index >= 15 is 0 Å². The second-order valence-electron chi connectivity index (χ2n) is 5.94. The largest absolute Gasteiger partial charge is 0.297 e. The average Bonchev–Trinajstić information content (AvgIpc) is 3.29. The lowest BCUT2D eigenvalue weighted by molar-refractivity contribution is 0.200. The van der Waals surface area contributed by atoms with Gasteiger partial charge in [0.05, 0.1) is 5.69 Å². The van der Waals surface area contributed by atoms with Gasteiger partial charge >= 0.3 is 0 Å². The van der Waals surface area contributed by atoms with E-state index in [2.05, 4.69) is 30.6 Å². The summed E-state index contributed by atoms with van der Waals surface area (Å²) in [5.41, 5.74) is 2.08. The first-order chi connectivity index (χ1) is 11.3. The van der Waals surface area contributed by atoms with Crippen LogP contribution in [0.5, 0.6) is 0 Å². The summed E-state index contributed by atoms with van der Waals surface area (Å²) in [6, 6.07) is 2.01. The van der Waals surface area contributed by atoms with Crippen LogP contribution in [0.3, 0.4) is 0 Å². The Balaban J connectivity index is 1.35. The molecule has 3 aromatic rings. The molecule has 0 atom stereocenters. The van der Waals surface area contributed by atoms with Crippen molar-refractivity contribution in [3.63, 3.8) is 0 Å². The molecule has 1 aliphatic rings. The van der Waals surface area contributed by atoms with Crippen molar-refractivity contribution >= 4 is 11.3 Å². The maximum atomic E-state index is 4.73. The van der Waals surface area contributed by atoms with E-state index in [0.29, 0.717) is 5.92 Å². The van der Waals surface area contributed by atoms with E-state index < -0.39 is 0 Å². The van der Waals surface area contributed by atoms with Gasteiger partial charge in [0, 0.05) is 31.1 Å². The fourth-order valence-corrected chi connectivity index (χ4v) is 3.81. The molecule has 0 unspecified atom stereocenters. The molecule has 0 radical (unpaired) electrons. The van der Waals surface area contributed by atoms with Crippen molar-refractivity contribution in [3.05, 3.63) is 35.5 Å². The van der Waals surface area contributed by atoms with E-state index in [1.165, 1.54) is 0 Å². The number of hydrogen-bond acceptors (Lipinski definition) is 6. The molecule has 0 saturated carbocycles. The lowest BCUT2D eigenvalue weighted by atomic mass is 9.96. The Morgan fingerprint density at radius 3 is 2.91 bits per heavy atom. The van der Waals surface area contributed by atoms with Crippen LogP contribution >= 0.6 is 11.3 Å². The van der Waals surface area contributed by atoms with Crippen LogP contribution < -0.4 is 0 Å². The van der Waals surface area contributed by atoms with Gasteiger partial charge in [-0.2, -0.15) is 10.2 Å². The highest BCUT2D eigenvalue weighted by molar-refractivity contribution is 7.13. The van der Waals surface area contributed by atoms with Crippen molar-refractivity contribution in [1.29, 1.82) is 0 Å². The smallest absolute Gasteiger partial charge is 0.144 e. The zero-order chi connectivity index (χ0) is 15.6. The predicted molar refractivity (Wildman–Crippen MR) is 88.0 cm³/mol. The quantitative estimate of drug-likeness (QED) is 0.793. The van der Waals surface area contributed by atoms with Crippen LogP contribution in [0, 0.1) is 0 Å². The van der Waals surface area contributed by atoms with Gasteiger partial charge in [-0.3, -0.25) is 14.7 Å². The minimum atomic E-state index is 0.508. The number of nitrogens with one attached hydrogen (secondary N) is 1. The van der Waals surface area contributed by atoms with Crippen LogP contribution in [0.15, 0.2) is 24.0 Å². The lowest BCUT2D eigenvalue weighted by Crippen LogP contribution is -2.32. The van der Waals surface area contributed by atoms with E-state index in [0.717, 1.165) is 54.7 Å². The molecule has 4 heterocycles. The minimum absolute atomic E-state index is 0.508. The fraction of sp³-hybridized carbons (Fsp3) is 0.467. The average molecular weight is 329 g/mol. The maximum Gasteiger partial charge on any atom is 0.144 e. The number of aromatic nitrogens is 6. The van der Waals surface area contributed by atoms with Gasteiger partial charge < -0.3 is 0 Å². The maximum absolute atomic E-state index is 4.73. The van der Waals surface area contributed by atoms with Gasteiger partial charge in [0.2, 0.25) is 0 Å². The molecule has 1 N–H and O–H groups in total. The number of rotatable bonds is 4. The van der Waals surface area contributed by atoms with Crippen LogP contribution in [0.2, 0.25) is 0 Å². The highest BCUT2D eigenvalue weighted by atomic mass is 32.1. The van der Waals surface area contributed by atoms with E-state index in [4.69, 9.17) is 4.98 Å². The number of likely N-dealkylation sites (tertiary alicyclic amines) is 1. The third kappa shape index (κ3) is 3.18. The zero-order valence-electron chi connectivity index (χ0n) is 13.0. The van der Waals surface area contributed by atoms with Crippen molar-refractivity contribution in [3.8, 4) is 10.7 Å². The highest BCUT2D eigenvalue weighted by Gasteiger charge is 2.23. The Bertz CT molecular complexity index is 752. The minimum Gasteiger partial charge on any atom is -0.297 e. The molecule has 7 nitrogen and oxygen atoms in total. The van der Waals surface area contributed by atoms with E-state index in [1.807, 2.05) is 24.0 Å². The second kappa shape index (κ2) is 6.21. The predicted octanol–water partition coefficient (Wildman–Crippen LogP) is 2.04. The molecule has 0 aliphatic carbocycles. The number of piperidine rings is 1. The van der Waals surface area contributed by atoms with Gasteiger partial charge in [-0.05, 0) is 32.0 Å². The fourth-order valence-electron chi connectivity index (χ4n) is 3.03. The van der Waals surface area contributed by atoms with Crippen molar-refractivity contribution in [1.82, 2.24) is 34.8 Å². The van der Waals surface area contributed by atoms with Crippen molar-refractivity contribution < 1.29 is 0 Å². The van der Waals surface area contributed by atoms with Gasteiger partial charge in [-0.25, -0.2) is 9.97 Å². The monoisotopic (exact) mass is 329 g/mol. The Hall–Kier alpha value is -2.06. The summed E-state index contributed by atoms with van der Waals surface area (Å²) in [5, 5.41) is 14.5. The molecule has 0 bridgehead atoms. The summed E-state index contributed by atoms with van der Waals surface area (Å²) in [6.07, 6.45) is 5.78. The van der Waals surface area contributed by atoms with Gasteiger partial charge in [0.25, 0.3) is 0 Å². The van der Waals surface area contributed by atoms with E-state index in [9.17, 15) is 0 Å². The second-order valence-corrected chi connectivity index (χ2v) is 6.80. The summed E-state index contributed by atoms with van der Waals surface area (Å²) in [6.45, 7) is 3.05. The first-order valence-electron chi connectivity index (χ1n) is 7.80. The summed E-state index contributed by atoms with van der Waals surface area (Å²) in [4.78, 5) is 11.5. The standard InChI is InChI=1S/C15H19N7S/c1-21-5-4-13(20-21)15-18-12(9-23-15)8-22-6-2-11(3-7-22)14-16-10-17-19-14/h4-5,9-11H,2-3,6-8H2,1H3,(H,16,17,19). The van der Waals surface area contributed by atoms with Crippen molar-refractivity contribution in [2.24, 2.45) is 7.05 Å². The molecule has 120 valence electrons. The summed E-state index contributed by atoms with van der Waals surface area (Å²) in [7, 11) is 1.93. The number of hydrogen-bond donors (Lipinski definition) is 1. The van der Waals surface area contributed by atoms with Crippen LogP contribution in [-0.4, -0.2) is 47.9 Å². The number of aromatic amines is 1. The summed E-state index contributed by atoms with van der Waals surface area (Å²) >= 11 is 1.67. The Labute approximate surface area is 138 Å². The molecule has 1 saturated heterocycles. The van der Waals surface area contributed by atoms with Gasteiger partial charge in [-0.1, -0.05) is 0 Å². The first kappa shape index (κ1) is 14.5. The van der Waals surface area contributed by atoms with Crippen LogP contribution in [0.1, 0.15) is 30.3 Å². The summed E-state index contributed by atoms with van der Waals surface area (Å²) < 4.78 is 1.81. The lowest BCUT2D eigenvalue weighted by Gasteiger charge is -2.30. The highest BCUT2D eigenvalue weighted by Crippen LogP contribution is 2.27. The van der Waals surface area contributed by atoms with Gasteiger partial charge in [0.1, 0.15) is 22.9 Å². The topological polar surface area (TPSA) is 75.5 Å². The molecule has 0 amide bonds. The van der Waals surface area contributed by atoms with Crippen molar-refractivity contribution in [2.45, 2.75) is 25.3 Å². The van der Waals surface area contributed by atoms with Crippen LogP contribution in [0.4, 0.5) is 0 Å².